The van der Waals surface area contributed by atoms with Crippen molar-refractivity contribution < 1.29 is 14.8 Å². The van der Waals surface area contributed by atoms with E-state index in [0.717, 1.165) is 6.42 Å². The fourth-order valence-corrected chi connectivity index (χ4v) is 2.45. The number of hydrogen-bond acceptors (Lipinski definition) is 3. The molecule has 0 saturated heterocycles. The van der Waals surface area contributed by atoms with Gasteiger partial charge in [-0.1, -0.05) is 18.5 Å². The average molecular weight is 309 g/mol. The van der Waals surface area contributed by atoms with E-state index in [1.54, 1.807) is 10.6 Å². The molecule has 0 fully saturated rings. The lowest BCUT2D eigenvalue weighted by Gasteiger charge is -2.11. The second-order valence-electron chi connectivity index (χ2n) is 4.48. The number of non-ortho nitro benzene ring substituents is 1. The van der Waals surface area contributed by atoms with Gasteiger partial charge in [0.25, 0.3) is 5.69 Å². The number of carboxylic acids is 1. The second kappa shape index (κ2) is 5.97. The molecule has 0 spiro atoms. The number of aromatic carboxylic acids is 1. The Morgan fingerprint density at radius 2 is 2.10 bits per heavy atom. The molecule has 0 aliphatic rings. The van der Waals surface area contributed by atoms with Crippen molar-refractivity contribution in [1.82, 2.24) is 4.57 Å². The first kappa shape index (κ1) is 15.1. The van der Waals surface area contributed by atoms with Crippen LogP contribution in [0.4, 0.5) is 5.69 Å². The van der Waals surface area contributed by atoms with Gasteiger partial charge < -0.3 is 9.67 Å². The van der Waals surface area contributed by atoms with Crippen LogP contribution in [0.2, 0.25) is 5.02 Å². The molecule has 0 aliphatic carbocycles. The van der Waals surface area contributed by atoms with Gasteiger partial charge in [-0.05, 0) is 24.6 Å². The number of rotatable bonds is 5. The molecule has 0 aliphatic heterocycles. The van der Waals surface area contributed by atoms with Gasteiger partial charge in [-0.3, -0.25) is 10.1 Å². The predicted molar refractivity (Wildman–Crippen MR) is 78.8 cm³/mol. The monoisotopic (exact) mass is 308 g/mol. The number of nitro benzene ring substituents is 1. The van der Waals surface area contributed by atoms with Crippen molar-refractivity contribution in [2.24, 2.45) is 0 Å². The molecule has 21 heavy (non-hydrogen) atoms. The van der Waals surface area contributed by atoms with Crippen molar-refractivity contribution >= 4 is 23.3 Å². The minimum Gasteiger partial charge on any atom is -0.477 e. The Bertz CT molecular complexity index is 709. The molecule has 2 rings (SSSR count). The van der Waals surface area contributed by atoms with Crippen molar-refractivity contribution in [3.8, 4) is 11.3 Å². The molecule has 1 heterocycles. The molecule has 110 valence electrons. The van der Waals surface area contributed by atoms with Crippen LogP contribution in [0.25, 0.3) is 11.3 Å². The molecule has 1 aromatic carbocycles. The Balaban J connectivity index is 2.56. The van der Waals surface area contributed by atoms with Crippen LogP contribution in [0.1, 0.15) is 23.8 Å². The summed E-state index contributed by atoms with van der Waals surface area (Å²) in [5.74, 6) is -1.02. The van der Waals surface area contributed by atoms with Crippen molar-refractivity contribution in [3.63, 3.8) is 0 Å². The Kier molecular flexibility index (Phi) is 4.28. The maximum atomic E-state index is 11.2. The molecular weight excluding hydrogens is 296 g/mol. The van der Waals surface area contributed by atoms with Crippen LogP contribution in [-0.4, -0.2) is 20.6 Å². The molecule has 0 radical (unpaired) electrons. The number of halogens is 1. The van der Waals surface area contributed by atoms with Gasteiger partial charge in [-0.15, -0.1) is 0 Å². The molecule has 0 atom stereocenters. The maximum absolute atomic E-state index is 11.2. The van der Waals surface area contributed by atoms with Gasteiger partial charge in [0.2, 0.25) is 0 Å². The molecule has 0 unspecified atom stereocenters. The molecule has 0 bridgehead atoms. The number of carboxylic acid groups (broad SMARTS) is 1. The summed E-state index contributed by atoms with van der Waals surface area (Å²) < 4.78 is 1.65. The lowest BCUT2D eigenvalue weighted by atomic mass is 10.1. The zero-order valence-corrected chi connectivity index (χ0v) is 12.0. The first-order valence-corrected chi connectivity index (χ1v) is 6.70. The zero-order chi connectivity index (χ0) is 15.6. The van der Waals surface area contributed by atoms with Crippen LogP contribution >= 0.6 is 11.6 Å². The number of carbonyl (C=O) groups is 1. The van der Waals surface area contributed by atoms with Gasteiger partial charge in [0.05, 0.1) is 15.6 Å². The van der Waals surface area contributed by atoms with E-state index in [1.807, 2.05) is 6.92 Å². The molecule has 0 saturated carbocycles. The second-order valence-corrected chi connectivity index (χ2v) is 4.89. The van der Waals surface area contributed by atoms with Crippen LogP contribution in [0.15, 0.2) is 30.3 Å². The van der Waals surface area contributed by atoms with Gasteiger partial charge >= 0.3 is 5.97 Å². The first-order valence-electron chi connectivity index (χ1n) is 6.32. The summed E-state index contributed by atoms with van der Waals surface area (Å²) in [5.41, 5.74) is 1.27. The van der Waals surface area contributed by atoms with Gasteiger partial charge in [0.15, 0.2) is 0 Å². The molecule has 1 aromatic heterocycles. The third kappa shape index (κ3) is 2.90. The van der Waals surface area contributed by atoms with E-state index in [0.29, 0.717) is 17.8 Å². The number of nitrogens with zero attached hydrogens (tertiary/aromatic N) is 2. The van der Waals surface area contributed by atoms with Gasteiger partial charge in [0.1, 0.15) is 5.69 Å². The number of hydrogen-bond donors (Lipinski definition) is 1. The quantitative estimate of drug-likeness (QED) is 0.672. The summed E-state index contributed by atoms with van der Waals surface area (Å²) in [4.78, 5) is 21.4. The molecular formula is C14H13ClN2O4. The SMILES string of the molecule is CCCn1c(C(=O)O)ccc1-c1ccc([N+](=O)[O-])cc1Cl. The molecule has 1 N–H and O–H groups in total. The van der Waals surface area contributed by atoms with E-state index in [1.165, 1.54) is 24.3 Å². The van der Waals surface area contributed by atoms with E-state index in [4.69, 9.17) is 11.6 Å². The van der Waals surface area contributed by atoms with Crippen molar-refractivity contribution in [2.75, 3.05) is 0 Å². The summed E-state index contributed by atoms with van der Waals surface area (Å²) in [6.07, 6.45) is 0.757. The summed E-state index contributed by atoms with van der Waals surface area (Å²) >= 11 is 6.10. The van der Waals surface area contributed by atoms with E-state index in [9.17, 15) is 20.0 Å². The van der Waals surface area contributed by atoms with Crippen molar-refractivity contribution in [3.05, 3.63) is 51.2 Å². The molecule has 7 heteroatoms. The van der Waals surface area contributed by atoms with Crippen LogP contribution in [0.5, 0.6) is 0 Å². The van der Waals surface area contributed by atoms with Crippen LogP contribution in [0.3, 0.4) is 0 Å². The van der Waals surface area contributed by atoms with Crippen LogP contribution in [0, 0.1) is 10.1 Å². The van der Waals surface area contributed by atoms with Gasteiger partial charge in [-0.25, -0.2) is 4.79 Å². The average Bonchev–Trinajstić information content (AvgIpc) is 2.82. The lowest BCUT2D eigenvalue weighted by Crippen LogP contribution is -2.09. The Morgan fingerprint density at radius 3 is 2.62 bits per heavy atom. The van der Waals surface area contributed by atoms with E-state index >= 15 is 0 Å². The van der Waals surface area contributed by atoms with Crippen LogP contribution in [-0.2, 0) is 6.54 Å². The van der Waals surface area contributed by atoms with Crippen molar-refractivity contribution in [2.45, 2.75) is 19.9 Å². The highest BCUT2D eigenvalue weighted by molar-refractivity contribution is 6.33. The lowest BCUT2D eigenvalue weighted by molar-refractivity contribution is -0.384. The van der Waals surface area contributed by atoms with Crippen molar-refractivity contribution in [1.29, 1.82) is 0 Å². The minimum atomic E-state index is -1.02. The number of nitro groups is 1. The normalized spacial score (nSPS) is 10.6. The van der Waals surface area contributed by atoms with E-state index in [2.05, 4.69) is 0 Å². The number of aromatic nitrogens is 1. The maximum Gasteiger partial charge on any atom is 0.352 e. The highest BCUT2D eigenvalue weighted by Gasteiger charge is 2.18. The molecule has 6 nitrogen and oxygen atoms in total. The summed E-state index contributed by atoms with van der Waals surface area (Å²) in [5, 5.41) is 20.1. The van der Waals surface area contributed by atoms with E-state index < -0.39 is 10.9 Å². The predicted octanol–water partition coefficient (Wildman–Crippen LogP) is 3.82. The Hall–Kier alpha value is -2.34. The third-order valence-corrected chi connectivity index (χ3v) is 3.40. The fraction of sp³-hybridized carbons (Fsp3) is 0.214. The van der Waals surface area contributed by atoms with Crippen LogP contribution < -0.4 is 0 Å². The minimum absolute atomic E-state index is 0.101. The summed E-state index contributed by atoms with van der Waals surface area (Å²) in [6.45, 7) is 2.46. The number of benzene rings is 1. The summed E-state index contributed by atoms with van der Waals surface area (Å²) in [7, 11) is 0. The molecule has 2 aromatic rings. The smallest absolute Gasteiger partial charge is 0.352 e. The van der Waals surface area contributed by atoms with Gasteiger partial charge in [-0.2, -0.15) is 0 Å². The van der Waals surface area contributed by atoms with E-state index in [-0.39, 0.29) is 16.4 Å². The Morgan fingerprint density at radius 1 is 1.38 bits per heavy atom. The highest BCUT2D eigenvalue weighted by Crippen LogP contribution is 2.32. The largest absolute Gasteiger partial charge is 0.477 e. The highest BCUT2D eigenvalue weighted by atomic mass is 35.5. The zero-order valence-electron chi connectivity index (χ0n) is 11.2. The standard InChI is InChI=1S/C14H13ClN2O4/c1-2-7-16-12(5-6-13(16)14(18)19)10-4-3-9(17(20)21)8-11(10)15/h3-6,8H,2,7H2,1H3,(H,18,19). The Labute approximate surface area is 125 Å². The first-order chi connectivity index (χ1) is 9.95. The van der Waals surface area contributed by atoms with Gasteiger partial charge in [0, 0.05) is 24.2 Å². The fourth-order valence-electron chi connectivity index (χ4n) is 2.18. The third-order valence-electron chi connectivity index (χ3n) is 3.09. The molecule has 0 amide bonds. The topological polar surface area (TPSA) is 85.4 Å². The summed E-state index contributed by atoms with van der Waals surface area (Å²) in [6, 6.07) is 7.32.